The van der Waals surface area contributed by atoms with Crippen LogP contribution in [-0.4, -0.2) is 19.1 Å². The van der Waals surface area contributed by atoms with E-state index in [1.165, 1.54) is 6.08 Å². The van der Waals surface area contributed by atoms with Gasteiger partial charge in [-0.05, 0) is 61.4 Å². The lowest BCUT2D eigenvalue weighted by Crippen LogP contribution is -2.13. The van der Waals surface area contributed by atoms with E-state index >= 15 is 0 Å². The fourth-order valence-electron chi connectivity index (χ4n) is 2.33. The van der Waals surface area contributed by atoms with Crippen LogP contribution in [0.15, 0.2) is 46.4 Å². The molecule has 0 aromatic heterocycles. The van der Waals surface area contributed by atoms with Gasteiger partial charge in [0.1, 0.15) is 11.6 Å². The summed E-state index contributed by atoms with van der Waals surface area (Å²) < 4.78 is 12.2. The number of anilines is 1. The standard InChI is InChI=1S/C21H20BrClN2O3/c1-3-9-28-20-18(23)11-14(12-19(20)27-4-2)10-15(13-24)21(26)25-17-7-5-16(22)6-8-17/h5-8,10-12H,3-4,9H2,1-2H3,(H,25,26)/b15-10+. The quantitative estimate of drug-likeness (QED) is 0.394. The van der Waals surface area contributed by atoms with Crippen LogP contribution in [0.2, 0.25) is 5.02 Å². The van der Waals surface area contributed by atoms with E-state index in [2.05, 4.69) is 21.2 Å². The Balaban J connectivity index is 2.30. The molecule has 28 heavy (non-hydrogen) atoms. The molecule has 0 fully saturated rings. The minimum absolute atomic E-state index is 0.0522. The molecule has 0 heterocycles. The van der Waals surface area contributed by atoms with E-state index in [4.69, 9.17) is 21.1 Å². The predicted octanol–water partition coefficient (Wildman–Crippen LogP) is 5.84. The topological polar surface area (TPSA) is 71.3 Å². The first-order valence-corrected chi connectivity index (χ1v) is 9.93. The van der Waals surface area contributed by atoms with Crippen molar-refractivity contribution in [2.75, 3.05) is 18.5 Å². The zero-order valence-corrected chi connectivity index (χ0v) is 17.9. The number of nitrogens with zero attached hydrogens (tertiary/aromatic N) is 1. The number of nitrogens with one attached hydrogen (secondary N) is 1. The van der Waals surface area contributed by atoms with Crippen molar-refractivity contribution in [3.05, 3.63) is 57.0 Å². The second-order valence-corrected chi connectivity index (χ2v) is 7.07. The molecule has 5 nitrogen and oxygen atoms in total. The van der Waals surface area contributed by atoms with E-state index < -0.39 is 5.91 Å². The molecule has 2 aromatic carbocycles. The molecule has 0 saturated heterocycles. The highest BCUT2D eigenvalue weighted by Crippen LogP contribution is 2.37. The molecule has 0 atom stereocenters. The van der Waals surface area contributed by atoms with Gasteiger partial charge in [-0.25, -0.2) is 0 Å². The number of ether oxygens (including phenoxy) is 2. The van der Waals surface area contributed by atoms with Gasteiger partial charge in [-0.3, -0.25) is 4.79 Å². The number of hydrogen-bond donors (Lipinski definition) is 1. The van der Waals surface area contributed by atoms with Crippen LogP contribution in [0, 0.1) is 11.3 Å². The van der Waals surface area contributed by atoms with Gasteiger partial charge >= 0.3 is 0 Å². The zero-order valence-electron chi connectivity index (χ0n) is 15.6. The number of carbonyl (C=O) groups excluding carboxylic acids is 1. The maximum Gasteiger partial charge on any atom is 0.266 e. The second-order valence-electron chi connectivity index (χ2n) is 5.74. The van der Waals surface area contributed by atoms with Gasteiger partial charge in [0.05, 0.1) is 18.2 Å². The fourth-order valence-corrected chi connectivity index (χ4v) is 2.86. The van der Waals surface area contributed by atoms with Gasteiger partial charge in [0, 0.05) is 10.2 Å². The van der Waals surface area contributed by atoms with Gasteiger partial charge in [-0.1, -0.05) is 34.5 Å². The van der Waals surface area contributed by atoms with Crippen LogP contribution in [0.3, 0.4) is 0 Å². The molecule has 146 valence electrons. The molecule has 0 unspecified atom stereocenters. The van der Waals surface area contributed by atoms with Crippen molar-refractivity contribution in [1.82, 2.24) is 0 Å². The average Bonchev–Trinajstić information content (AvgIpc) is 2.67. The van der Waals surface area contributed by atoms with Crippen molar-refractivity contribution < 1.29 is 14.3 Å². The summed E-state index contributed by atoms with van der Waals surface area (Å²) in [6.07, 6.45) is 2.30. The largest absolute Gasteiger partial charge is 0.490 e. The molecule has 2 rings (SSSR count). The first kappa shape index (κ1) is 21.8. The lowest BCUT2D eigenvalue weighted by atomic mass is 10.1. The lowest BCUT2D eigenvalue weighted by molar-refractivity contribution is -0.112. The van der Waals surface area contributed by atoms with Crippen LogP contribution in [0.5, 0.6) is 11.5 Å². The molecule has 0 aliphatic rings. The third-order valence-electron chi connectivity index (χ3n) is 3.56. The molecule has 0 bridgehead atoms. The van der Waals surface area contributed by atoms with E-state index in [9.17, 15) is 10.1 Å². The lowest BCUT2D eigenvalue weighted by Gasteiger charge is -2.14. The summed E-state index contributed by atoms with van der Waals surface area (Å²) in [4.78, 5) is 12.4. The number of carbonyl (C=O) groups is 1. The molecular formula is C21H20BrClN2O3. The van der Waals surface area contributed by atoms with E-state index in [-0.39, 0.29) is 5.57 Å². The Kier molecular flexibility index (Phi) is 8.37. The van der Waals surface area contributed by atoms with Crippen LogP contribution < -0.4 is 14.8 Å². The van der Waals surface area contributed by atoms with Crippen LogP contribution in [0.1, 0.15) is 25.8 Å². The Morgan fingerprint density at radius 2 is 1.96 bits per heavy atom. The fraction of sp³-hybridized carbons (Fsp3) is 0.238. The monoisotopic (exact) mass is 462 g/mol. The number of hydrogen-bond acceptors (Lipinski definition) is 4. The van der Waals surface area contributed by atoms with Crippen LogP contribution >= 0.6 is 27.5 Å². The van der Waals surface area contributed by atoms with E-state index in [0.29, 0.717) is 41.0 Å². The van der Waals surface area contributed by atoms with Crippen molar-refractivity contribution in [3.63, 3.8) is 0 Å². The summed E-state index contributed by atoms with van der Waals surface area (Å²) in [5.41, 5.74) is 1.11. The third-order valence-corrected chi connectivity index (χ3v) is 4.37. The maximum atomic E-state index is 12.4. The minimum Gasteiger partial charge on any atom is -0.490 e. The van der Waals surface area contributed by atoms with Crippen molar-refractivity contribution in [2.24, 2.45) is 0 Å². The summed E-state index contributed by atoms with van der Waals surface area (Å²) in [5.74, 6) is 0.422. The number of halogens is 2. The van der Waals surface area contributed by atoms with Gasteiger partial charge in [0.25, 0.3) is 5.91 Å². The molecule has 7 heteroatoms. The average molecular weight is 464 g/mol. The first-order valence-electron chi connectivity index (χ1n) is 8.76. The van der Waals surface area contributed by atoms with E-state index in [0.717, 1.165) is 10.9 Å². The first-order chi connectivity index (χ1) is 13.5. The number of nitriles is 1. The maximum absolute atomic E-state index is 12.4. The Labute approximate surface area is 178 Å². The Hall–Kier alpha value is -2.49. The van der Waals surface area contributed by atoms with Gasteiger partial charge < -0.3 is 14.8 Å². The molecule has 0 saturated carbocycles. The highest BCUT2D eigenvalue weighted by Gasteiger charge is 2.14. The molecule has 0 aliphatic heterocycles. The predicted molar refractivity (Wildman–Crippen MR) is 115 cm³/mol. The number of benzene rings is 2. The second kappa shape index (κ2) is 10.7. The SMILES string of the molecule is CCCOc1c(Cl)cc(/C=C(\C#N)C(=O)Nc2ccc(Br)cc2)cc1OCC. The molecule has 0 spiro atoms. The highest BCUT2D eigenvalue weighted by molar-refractivity contribution is 9.10. The third kappa shape index (κ3) is 6.01. The normalized spacial score (nSPS) is 10.9. The summed E-state index contributed by atoms with van der Waals surface area (Å²) in [6.45, 7) is 4.79. The van der Waals surface area contributed by atoms with Crippen LogP contribution in [0.4, 0.5) is 5.69 Å². The van der Waals surface area contributed by atoms with E-state index in [1.807, 2.05) is 19.9 Å². The number of rotatable bonds is 8. The van der Waals surface area contributed by atoms with E-state index in [1.54, 1.807) is 36.4 Å². The smallest absolute Gasteiger partial charge is 0.266 e. The van der Waals surface area contributed by atoms with Crippen molar-refractivity contribution in [1.29, 1.82) is 5.26 Å². The van der Waals surface area contributed by atoms with Crippen molar-refractivity contribution >= 4 is 45.2 Å². The summed E-state index contributed by atoms with van der Waals surface area (Å²) in [5, 5.41) is 12.5. The molecule has 0 aliphatic carbocycles. The summed E-state index contributed by atoms with van der Waals surface area (Å²) in [7, 11) is 0. The van der Waals surface area contributed by atoms with Crippen LogP contribution in [0.25, 0.3) is 6.08 Å². The summed E-state index contributed by atoms with van der Waals surface area (Å²) >= 11 is 9.67. The molecule has 0 radical (unpaired) electrons. The van der Waals surface area contributed by atoms with Gasteiger partial charge in [-0.2, -0.15) is 5.26 Å². The molecule has 2 aromatic rings. The van der Waals surface area contributed by atoms with Crippen LogP contribution in [-0.2, 0) is 4.79 Å². The number of amides is 1. The van der Waals surface area contributed by atoms with Gasteiger partial charge in [-0.15, -0.1) is 0 Å². The molecule has 1 N–H and O–H groups in total. The van der Waals surface area contributed by atoms with Crippen molar-refractivity contribution in [3.8, 4) is 17.6 Å². The minimum atomic E-state index is -0.509. The Morgan fingerprint density at radius 1 is 1.25 bits per heavy atom. The van der Waals surface area contributed by atoms with Gasteiger partial charge in [0.15, 0.2) is 11.5 Å². The Morgan fingerprint density at radius 3 is 2.57 bits per heavy atom. The Bertz CT molecular complexity index is 905. The molecule has 1 amide bonds. The summed E-state index contributed by atoms with van der Waals surface area (Å²) in [6, 6.07) is 12.3. The van der Waals surface area contributed by atoms with Crippen molar-refractivity contribution in [2.45, 2.75) is 20.3 Å². The molecular weight excluding hydrogens is 444 g/mol. The zero-order chi connectivity index (χ0) is 20.5. The highest BCUT2D eigenvalue weighted by atomic mass is 79.9. The van der Waals surface area contributed by atoms with Gasteiger partial charge in [0.2, 0.25) is 0 Å².